The van der Waals surface area contributed by atoms with Crippen molar-refractivity contribution in [3.8, 4) is 5.75 Å². The van der Waals surface area contributed by atoms with Crippen molar-refractivity contribution in [1.29, 1.82) is 0 Å². The molecule has 0 saturated carbocycles. The molecule has 7 heteroatoms. The number of benzene rings is 1. The predicted octanol–water partition coefficient (Wildman–Crippen LogP) is 4.31. The summed E-state index contributed by atoms with van der Waals surface area (Å²) in [7, 11) is 1.61. The maximum atomic E-state index is 12.0. The highest BCUT2D eigenvalue weighted by atomic mass is 16.5. The third-order valence-corrected chi connectivity index (χ3v) is 6.79. The van der Waals surface area contributed by atoms with Gasteiger partial charge >= 0.3 is 5.97 Å². The van der Waals surface area contributed by atoms with E-state index >= 15 is 0 Å². The number of methoxy groups -OCH3 is 1. The lowest BCUT2D eigenvalue weighted by Crippen LogP contribution is -2.44. The second-order valence-corrected chi connectivity index (χ2v) is 8.85. The van der Waals surface area contributed by atoms with Gasteiger partial charge in [-0.15, -0.1) is 0 Å². The van der Waals surface area contributed by atoms with Gasteiger partial charge in [-0.3, -0.25) is 9.78 Å². The van der Waals surface area contributed by atoms with Crippen LogP contribution in [0.5, 0.6) is 5.75 Å². The number of aliphatic carboxylic acids is 1. The number of nitrogens with zero attached hydrogens (tertiary/aromatic N) is 2. The maximum Gasteiger partial charge on any atom is 0.308 e. The van der Waals surface area contributed by atoms with Crippen molar-refractivity contribution in [1.82, 2.24) is 9.88 Å². The third-order valence-electron chi connectivity index (χ3n) is 6.79. The summed E-state index contributed by atoms with van der Waals surface area (Å²) in [6, 6.07) is 11.3. The normalized spacial score (nSPS) is 20.1. The summed E-state index contributed by atoms with van der Waals surface area (Å²) in [6.07, 6.45) is 6.53. The number of ether oxygens (including phenoxy) is 1. The second kappa shape index (κ2) is 10.8. The Morgan fingerprint density at radius 1 is 1.33 bits per heavy atom. The molecule has 2 aromatic heterocycles. The molecule has 4 rings (SSSR count). The van der Waals surface area contributed by atoms with Crippen LogP contribution in [0.25, 0.3) is 10.9 Å². The largest absolute Gasteiger partial charge is 0.497 e. The van der Waals surface area contributed by atoms with Crippen molar-refractivity contribution in [2.45, 2.75) is 38.2 Å². The minimum absolute atomic E-state index is 0.0566. The molecular weight excluding hydrogens is 420 g/mol. The van der Waals surface area contributed by atoms with Crippen molar-refractivity contribution in [2.75, 3.05) is 26.7 Å². The Morgan fingerprint density at radius 3 is 2.97 bits per heavy atom. The first kappa shape index (κ1) is 23.3. The van der Waals surface area contributed by atoms with Crippen molar-refractivity contribution in [2.24, 2.45) is 11.8 Å². The van der Waals surface area contributed by atoms with E-state index in [-0.39, 0.29) is 5.92 Å². The smallest absolute Gasteiger partial charge is 0.308 e. The van der Waals surface area contributed by atoms with Crippen LogP contribution in [0.4, 0.5) is 0 Å². The summed E-state index contributed by atoms with van der Waals surface area (Å²) in [4.78, 5) is 18.6. The third kappa shape index (κ3) is 5.72. The number of fused-ring (bicyclic) bond motifs is 1. The van der Waals surface area contributed by atoms with Crippen molar-refractivity contribution < 1.29 is 24.2 Å². The molecule has 3 atom stereocenters. The molecule has 1 saturated heterocycles. The molecule has 1 aromatic carbocycles. The number of aliphatic hydroxyl groups is 1. The lowest BCUT2D eigenvalue weighted by molar-refractivity contribution is -0.146. The number of hydrogen-bond acceptors (Lipinski definition) is 6. The highest BCUT2D eigenvalue weighted by molar-refractivity contribution is 5.83. The van der Waals surface area contributed by atoms with Gasteiger partial charge in [-0.25, -0.2) is 0 Å². The zero-order chi connectivity index (χ0) is 23.2. The van der Waals surface area contributed by atoms with Gasteiger partial charge in [-0.05, 0) is 86.7 Å². The average Bonchev–Trinajstić information content (AvgIpc) is 3.35. The Bertz CT molecular complexity index is 1050. The first-order valence-corrected chi connectivity index (χ1v) is 11.6. The quantitative estimate of drug-likeness (QED) is 0.473. The van der Waals surface area contributed by atoms with E-state index in [2.05, 4.69) is 9.88 Å². The number of piperidine rings is 1. The van der Waals surface area contributed by atoms with Crippen molar-refractivity contribution in [3.63, 3.8) is 0 Å². The first-order chi connectivity index (χ1) is 16.0. The molecule has 0 unspecified atom stereocenters. The molecule has 176 valence electrons. The fourth-order valence-electron chi connectivity index (χ4n) is 4.92. The molecule has 2 N–H and O–H groups in total. The van der Waals surface area contributed by atoms with Crippen molar-refractivity contribution in [3.05, 3.63) is 60.2 Å². The second-order valence-electron chi connectivity index (χ2n) is 8.85. The molecule has 3 aromatic rings. The van der Waals surface area contributed by atoms with Crippen LogP contribution in [0.3, 0.4) is 0 Å². The molecule has 0 amide bonds. The summed E-state index contributed by atoms with van der Waals surface area (Å²) < 4.78 is 10.7. The van der Waals surface area contributed by atoms with Crippen LogP contribution in [0.15, 0.2) is 53.3 Å². The Kier molecular flexibility index (Phi) is 7.62. The molecule has 0 bridgehead atoms. The molecular formula is C26H32N2O5. The van der Waals surface area contributed by atoms with E-state index in [4.69, 9.17) is 9.15 Å². The Morgan fingerprint density at radius 2 is 2.21 bits per heavy atom. The van der Waals surface area contributed by atoms with Crippen LogP contribution >= 0.6 is 0 Å². The van der Waals surface area contributed by atoms with E-state index in [0.29, 0.717) is 25.1 Å². The van der Waals surface area contributed by atoms with Gasteiger partial charge in [0.05, 0.1) is 30.9 Å². The fraction of sp³-hybridized carbons (Fsp3) is 0.462. The van der Waals surface area contributed by atoms with Crippen LogP contribution in [-0.4, -0.2) is 52.8 Å². The van der Waals surface area contributed by atoms with Crippen LogP contribution in [0.2, 0.25) is 0 Å². The van der Waals surface area contributed by atoms with Gasteiger partial charge in [-0.2, -0.15) is 0 Å². The zero-order valence-corrected chi connectivity index (χ0v) is 19.0. The van der Waals surface area contributed by atoms with Crippen LogP contribution in [0.1, 0.15) is 43.1 Å². The molecule has 33 heavy (non-hydrogen) atoms. The number of carboxylic acid groups (broad SMARTS) is 1. The van der Waals surface area contributed by atoms with Crippen LogP contribution in [-0.2, 0) is 11.2 Å². The summed E-state index contributed by atoms with van der Waals surface area (Å²) in [5.41, 5.74) is 1.61. The van der Waals surface area contributed by atoms with Gasteiger partial charge in [0.1, 0.15) is 11.5 Å². The minimum atomic E-state index is -0.746. The number of carbonyl (C=O) groups is 1. The zero-order valence-electron chi connectivity index (χ0n) is 19.0. The lowest BCUT2D eigenvalue weighted by atomic mass is 9.81. The van der Waals surface area contributed by atoms with E-state index in [9.17, 15) is 15.0 Å². The van der Waals surface area contributed by atoms with Gasteiger partial charge < -0.3 is 24.3 Å². The standard InChI is InChI=1S/C26H32N2O5/c1-32-20-7-8-24-22(16-20)21(10-12-27-24)25(29)9-6-18-11-14-28(17-23(18)26(30)31)13-2-4-19-5-3-15-33-19/h3,5,7-8,10,12,15-16,18,23,25,29H,2,4,6,9,11,13-14,17H2,1H3,(H,30,31)/t18-,23+,25+/m1/s1. The number of aliphatic hydroxyl groups excluding tert-OH is 1. The van der Waals surface area contributed by atoms with Gasteiger partial charge in [0.15, 0.2) is 0 Å². The van der Waals surface area contributed by atoms with E-state index < -0.39 is 18.0 Å². The molecule has 0 spiro atoms. The van der Waals surface area contributed by atoms with E-state index in [1.807, 2.05) is 36.4 Å². The van der Waals surface area contributed by atoms with E-state index in [1.54, 1.807) is 19.6 Å². The summed E-state index contributed by atoms with van der Waals surface area (Å²) in [6.45, 7) is 2.31. The number of pyridine rings is 1. The Hall–Kier alpha value is -2.90. The monoisotopic (exact) mass is 452 g/mol. The number of likely N-dealkylation sites (tertiary alicyclic amines) is 1. The number of aryl methyl sites for hydroxylation is 1. The Labute approximate surface area is 194 Å². The van der Waals surface area contributed by atoms with Crippen molar-refractivity contribution >= 4 is 16.9 Å². The van der Waals surface area contributed by atoms with E-state index in [0.717, 1.165) is 54.6 Å². The summed E-state index contributed by atoms with van der Waals surface area (Å²) in [5.74, 6) is 0.582. The van der Waals surface area contributed by atoms with Gasteiger partial charge in [0.2, 0.25) is 0 Å². The average molecular weight is 453 g/mol. The molecule has 1 aliphatic heterocycles. The molecule has 1 aliphatic rings. The first-order valence-electron chi connectivity index (χ1n) is 11.6. The van der Waals surface area contributed by atoms with Crippen LogP contribution in [0, 0.1) is 11.8 Å². The lowest BCUT2D eigenvalue weighted by Gasteiger charge is -2.37. The maximum absolute atomic E-state index is 12.0. The number of rotatable bonds is 10. The summed E-state index contributed by atoms with van der Waals surface area (Å²) >= 11 is 0. The summed E-state index contributed by atoms with van der Waals surface area (Å²) in [5, 5.41) is 21.7. The van der Waals surface area contributed by atoms with Gasteiger partial charge in [0, 0.05) is 24.5 Å². The number of aromatic nitrogens is 1. The minimum Gasteiger partial charge on any atom is -0.497 e. The molecule has 1 fully saturated rings. The highest BCUT2D eigenvalue weighted by Gasteiger charge is 2.34. The number of furan rings is 1. The number of hydrogen-bond donors (Lipinski definition) is 2. The molecule has 0 radical (unpaired) electrons. The highest BCUT2D eigenvalue weighted by Crippen LogP contribution is 2.33. The van der Waals surface area contributed by atoms with Crippen LogP contribution < -0.4 is 4.74 Å². The Balaban J connectivity index is 1.34. The molecule has 7 nitrogen and oxygen atoms in total. The fourth-order valence-corrected chi connectivity index (χ4v) is 4.92. The molecule has 3 heterocycles. The SMILES string of the molecule is COc1ccc2nccc([C@@H](O)CC[C@@H]3CCN(CCCc4ccco4)C[C@@H]3C(=O)O)c2c1. The van der Waals surface area contributed by atoms with E-state index in [1.165, 1.54) is 0 Å². The number of carboxylic acids is 1. The van der Waals surface area contributed by atoms with Gasteiger partial charge in [-0.1, -0.05) is 0 Å². The van der Waals surface area contributed by atoms with Gasteiger partial charge in [0.25, 0.3) is 0 Å². The topological polar surface area (TPSA) is 96.0 Å². The predicted molar refractivity (Wildman–Crippen MR) is 125 cm³/mol. The molecule has 0 aliphatic carbocycles.